The van der Waals surface area contributed by atoms with Gasteiger partial charge >= 0.3 is 0 Å². The Morgan fingerprint density at radius 2 is 2.17 bits per heavy atom. The fourth-order valence-corrected chi connectivity index (χ4v) is 2.58. The van der Waals surface area contributed by atoms with Gasteiger partial charge < -0.3 is 10.4 Å². The molecule has 0 aromatic heterocycles. The number of carbonyl (C=O) groups is 1. The van der Waals surface area contributed by atoms with Gasteiger partial charge in [0.05, 0.1) is 6.61 Å². The van der Waals surface area contributed by atoms with Crippen molar-refractivity contribution in [1.82, 2.24) is 10.2 Å². The maximum absolute atomic E-state index is 11.1. The topological polar surface area (TPSA) is 52.6 Å². The number of rotatable bonds is 4. The third kappa shape index (κ3) is 3.31. The first-order valence-electron chi connectivity index (χ1n) is 6.35. The minimum absolute atomic E-state index is 0.00162. The van der Waals surface area contributed by atoms with Crippen LogP contribution in [0.1, 0.15) is 18.9 Å². The van der Waals surface area contributed by atoms with Crippen molar-refractivity contribution in [2.45, 2.75) is 32.0 Å². The van der Waals surface area contributed by atoms with Gasteiger partial charge in [0.25, 0.3) is 0 Å². The zero-order chi connectivity index (χ0) is 13.0. The van der Waals surface area contributed by atoms with Gasteiger partial charge in [-0.15, -0.1) is 0 Å². The van der Waals surface area contributed by atoms with Crippen molar-refractivity contribution in [3.05, 3.63) is 35.9 Å². The summed E-state index contributed by atoms with van der Waals surface area (Å²) >= 11 is 0. The Balaban J connectivity index is 1.97. The normalized spacial score (nSPS) is 24.1. The maximum Gasteiger partial charge on any atom is 0.217 e. The van der Waals surface area contributed by atoms with Crippen molar-refractivity contribution in [2.24, 2.45) is 0 Å². The summed E-state index contributed by atoms with van der Waals surface area (Å²) < 4.78 is 0. The van der Waals surface area contributed by atoms with Crippen LogP contribution in [0.4, 0.5) is 0 Å². The molecule has 1 heterocycles. The van der Waals surface area contributed by atoms with Crippen molar-refractivity contribution in [2.75, 3.05) is 13.2 Å². The molecule has 18 heavy (non-hydrogen) atoms. The average Bonchev–Trinajstić information content (AvgIpc) is 2.71. The lowest BCUT2D eigenvalue weighted by atomic mass is 10.1. The molecule has 0 saturated carbocycles. The van der Waals surface area contributed by atoms with Crippen LogP contribution in [0, 0.1) is 0 Å². The van der Waals surface area contributed by atoms with Crippen LogP contribution in [0.3, 0.4) is 0 Å². The monoisotopic (exact) mass is 248 g/mol. The summed E-state index contributed by atoms with van der Waals surface area (Å²) in [5.41, 5.74) is 1.24. The molecule has 1 saturated heterocycles. The number of amides is 1. The number of benzene rings is 1. The fourth-order valence-electron chi connectivity index (χ4n) is 2.58. The molecule has 0 radical (unpaired) electrons. The number of nitrogens with zero attached hydrogens (tertiary/aromatic N) is 1. The van der Waals surface area contributed by atoms with Gasteiger partial charge in [0.1, 0.15) is 0 Å². The van der Waals surface area contributed by atoms with Gasteiger partial charge in [0.15, 0.2) is 0 Å². The predicted molar refractivity (Wildman–Crippen MR) is 69.9 cm³/mol. The van der Waals surface area contributed by atoms with Gasteiger partial charge in [0, 0.05) is 32.1 Å². The fraction of sp³-hybridized carbons (Fsp3) is 0.500. The molecule has 98 valence electrons. The summed E-state index contributed by atoms with van der Waals surface area (Å²) in [6.07, 6.45) is 0.822. The Labute approximate surface area is 108 Å². The van der Waals surface area contributed by atoms with Crippen LogP contribution in [-0.2, 0) is 11.3 Å². The van der Waals surface area contributed by atoms with Crippen LogP contribution in [0.25, 0.3) is 0 Å². The first-order valence-corrected chi connectivity index (χ1v) is 6.35. The Kier molecular flexibility index (Phi) is 4.33. The van der Waals surface area contributed by atoms with Crippen molar-refractivity contribution < 1.29 is 9.90 Å². The highest BCUT2D eigenvalue weighted by molar-refractivity contribution is 5.73. The molecule has 2 rings (SSSR count). The Bertz CT molecular complexity index is 394. The van der Waals surface area contributed by atoms with E-state index in [1.54, 1.807) is 0 Å². The Morgan fingerprint density at radius 3 is 2.78 bits per heavy atom. The number of hydrogen-bond acceptors (Lipinski definition) is 3. The summed E-state index contributed by atoms with van der Waals surface area (Å²) in [5.74, 6) is -0.00162. The van der Waals surface area contributed by atoms with E-state index in [-0.39, 0.29) is 24.6 Å². The smallest absolute Gasteiger partial charge is 0.217 e. The Hall–Kier alpha value is -1.39. The summed E-state index contributed by atoms with van der Waals surface area (Å²) in [4.78, 5) is 13.3. The lowest BCUT2D eigenvalue weighted by Crippen LogP contribution is -2.35. The van der Waals surface area contributed by atoms with E-state index in [4.69, 9.17) is 0 Å². The molecule has 0 spiro atoms. The molecular weight excluding hydrogens is 228 g/mol. The quantitative estimate of drug-likeness (QED) is 0.827. The predicted octanol–water partition coefficient (Wildman–Crippen LogP) is 0.758. The number of nitrogens with one attached hydrogen (secondary N) is 1. The summed E-state index contributed by atoms with van der Waals surface area (Å²) in [7, 11) is 0. The zero-order valence-electron chi connectivity index (χ0n) is 10.7. The van der Waals surface area contributed by atoms with Crippen molar-refractivity contribution in [3.63, 3.8) is 0 Å². The lowest BCUT2D eigenvalue weighted by Gasteiger charge is -2.22. The minimum atomic E-state index is -0.00162. The standard InChI is InChI=1S/C14H20N2O2/c1-11(18)15-13-7-14(10-17)16(9-13)8-12-5-3-2-4-6-12/h2-6,13-14,17H,7-10H2,1H3,(H,15,18)/t13-,14-/m0/s1. The number of aliphatic hydroxyl groups is 1. The van der Waals surface area contributed by atoms with Gasteiger partial charge in [-0.05, 0) is 12.0 Å². The molecular formula is C14H20N2O2. The van der Waals surface area contributed by atoms with E-state index >= 15 is 0 Å². The largest absolute Gasteiger partial charge is 0.395 e. The molecule has 0 unspecified atom stereocenters. The SMILES string of the molecule is CC(=O)N[C@H]1C[C@@H](CO)N(Cc2ccccc2)C1. The lowest BCUT2D eigenvalue weighted by molar-refractivity contribution is -0.119. The van der Waals surface area contributed by atoms with E-state index in [1.165, 1.54) is 12.5 Å². The third-order valence-electron chi connectivity index (χ3n) is 3.37. The van der Waals surface area contributed by atoms with Crippen LogP contribution >= 0.6 is 0 Å². The van der Waals surface area contributed by atoms with E-state index in [0.29, 0.717) is 0 Å². The van der Waals surface area contributed by atoms with Crippen molar-refractivity contribution in [1.29, 1.82) is 0 Å². The van der Waals surface area contributed by atoms with Gasteiger partial charge in [-0.1, -0.05) is 30.3 Å². The molecule has 0 aliphatic carbocycles. The number of likely N-dealkylation sites (tertiary alicyclic amines) is 1. The van der Waals surface area contributed by atoms with Crippen molar-refractivity contribution >= 4 is 5.91 Å². The molecule has 1 aromatic carbocycles. The maximum atomic E-state index is 11.1. The van der Waals surface area contributed by atoms with Crippen LogP contribution in [0.2, 0.25) is 0 Å². The van der Waals surface area contributed by atoms with Crippen LogP contribution in [0.5, 0.6) is 0 Å². The van der Waals surface area contributed by atoms with E-state index in [0.717, 1.165) is 19.5 Å². The third-order valence-corrected chi connectivity index (χ3v) is 3.37. The first-order chi connectivity index (χ1) is 8.69. The summed E-state index contributed by atoms with van der Waals surface area (Å²) in [6, 6.07) is 10.5. The highest BCUT2D eigenvalue weighted by Crippen LogP contribution is 2.20. The van der Waals surface area contributed by atoms with E-state index in [2.05, 4.69) is 22.3 Å². The van der Waals surface area contributed by atoms with Crippen LogP contribution < -0.4 is 5.32 Å². The molecule has 1 aromatic rings. The molecule has 0 bridgehead atoms. The number of carbonyl (C=O) groups excluding carboxylic acids is 1. The van der Waals surface area contributed by atoms with Crippen LogP contribution in [0.15, 0.2) is 30.3 Å². The molecule has 1 aliphatic heterocycles. The first kappa shape index (κ1) is 13.1. The van der Waals surface area contributed by atoms with E-state index in [9.17, 15) is 9.90 Å². The summed E-state index contributed by atoms with van der Waals surface area (Å²) in [5, 5.41) is 12.3. The average molecular weight is 248 g/mol. The number of aliphatic hydroxyl groups excluding tert-OH is 1. The van der Waals surface area contributed by atoms with Gasteiger partial charge in [0.2, 0.25) is 5.91 Å². The van der Waals surface area contributed by atoms with Crippen LogP contribution in [-0.4, -0.2) is 41.1 Å². The Morgan fingerprint density at radius 1 is 1.44 bits per heavy atom. The minimum Gasteiger partial charge on any atom is -0.395 e. The highest BCUT2D eigenvalue weighted by Gasteiger charge is 2.31. The molecule has 1 amide bonds. The summed E-state index contributed by atoms with van der Waals surface area (Å²) in [6.45, 7) is 3.30. The second-order valence-electron chi connectivity index (χ2n) is 4.88. The number of hydrogen-bond donors (Lipinski definition) is 2. The zero-order valence-corrected chi connectivity index (χ0v) is 10.7. The molecule has 2 atom stereocenters. The molecule has 1 fully saturated rings. The van der Waals surface area contributed by atoms with Gasteiger partial charge in [-0.25, -0.2) is 0 Å². The van der Waals surface area contributed by atoms with E-state index < -0.39 is 0 Å². The molecule has 4 nitrogen and oxygen atoms in total. The highest BCUT2D eigenvalue weighted by atomic mass is 16.3. The second-order valence-corrected chi connectivity index (χ2v) is 4.88. The molecule has 4 heteroatoms. The molecule has 2 N–H and O–H groups in total. The second kappa shape index (κ2) is 5.98. The van der Waals surface area contributed by atoms with Crippen molar-refractivity contribution in [3.8, 4) is 0 Å². The van der Waals surface area contributed by atoms with Gasteiger partial charge in [-0.3, -0.25) is 9.69 Å². The molecule has 1 aliphatic rings. The van der Waals surface area contributed by atoms with Gasteiger partial charge in [-0.2, -0.15) is 0 Å². The van der Waals surface area contributed by atoms with E-state index in [1.807, 2.05) is 18.2 Å².